The van der Waals surface area contributed by atoms with Crippen molar-refractivity contribution in [1.29, 1.82) is 0 Å². The molecule has 138 valence electrons. The predicted molar refractivity (Wildman–Crippen MR) is 102 cm³/mol. The molecule has 0 spiro atoms. The maximum absolute atomic E-state index is 12.7. The SMILES string of the molecule is CC(C)c1ccc(C(=O)N2CCN(S(=O)(=O)c3ccccc3)CC2)cc1. The molecule has 1 amide bonds. The number of nitrogens with zero attached hydrogens (tertiary/aromatic N) is 2. The molecule has 0 unspecified atom stereocenters. The summed E-state index contributed by atoms with van der Waals surface area (Å²) in [5, 5.41) is 0. The normalized spacial score (nSPS) is 16.0. The summed E-state index contributed by atoms with van der Waals surface area (Å²) in [5.74, 6) is 0.378. The Kier molecular flexibility index (Phi) is 5.44. The monoisotopic (exact) mass is 372 g/mol. The summed E-state index contributed by atoms with van der Waals surface area (Å²) < 4.78 is 26.8. The smallest absolute Gasteiger partial charge is 0.253 e. The van der Waals surface area contributed by atoms with Crippen LogP contribution in [0.25, 0.3) is 0 Å². The van der Waals surface area contributed by atoms with Gasteiger partial charge in [-0.1, -0.05) is 44.2 Å². The molecule has 1 saturated heterocycles. The van der Waals surface area contributed by atoms with Crippen molar-refractivity contribution in [2.75, 3.05) is 26.2 Å². The molecule has 2 aromatic carbocycles. The van der Waals surface area contributed by atoms with Crippen LogP contribution >= 0.6 is 0 Å². The van der Waals surface area contributed by atoms with E-state index in [1.54, 1.807) is 35.2 Å². The number of hydrogen-bond acceptors (Lipinski definition) is 3. The highest BCUT2D eigenvalue weighted by molar-refractivity contribution is 7.89. The van der Waals surface area contributed by atoms with E-state index in [0.29, 0.717) is 42.6 Å². The minimum atomic E-state index is -3.50. The van der Waals surface area contributed by atoms with E-state index >= 15 is 0 Å². The van der Waals surface area contributed by atoms with Crippen molar-refractivity contribution in [1.82, 2.24) is 9.21 Å². The van der Waals surface area contributed by atoms with E-state index in [4.69, 9.17) is 0 Å². The second kappa shape index (κ2) is 7.60. The third-order valence-electron chi connectivity index (χ3n) is 4.73. The third-order valence-corrected chi connectivity index (χ3v) is 6.64. The van der Waals surface area contributed by atoms with Crippen LogP contribution in [0.15, 0.2) is 59.5 Å². The average molecular weight is 372 g/mol. The van der Waals surface area contributed by atoms with Crippen LogP contribution in [0.1, 0.15) is 35.7 Å². The van der Waals surface area contributed by atoms with Crippen LogP contribution in [-0.4, -0.2) is 49.7 Å². The lowest BCUT2D eigenvalue weighted by atomic mass is 10.0. The Bertz CT molecular complexity index is 854. The summed E-state index contributed by atoms with van der Waals surface area (Å²) in [6.07, 6.45) is 0. The van der Waals surface area contributed by atoms with Gasteiger partial charge in [-0.15, -0.1) is 0 Å². The van der Waals surface area contributed by atoms with Crippen molar-refractivity contribution >= 4 is 15.9 Å². The van der Waals surface area contributed by atoms with Crippen LogP contribution in [0.4, 0.5) is 0 Å². The van der Waals surface area contributed by atoms with Crippen LogP contribution in [0.5, 0.6) is 0 Å². The summed E-state index contributed by atoms with van der Waals surface area (Å²) in [4.78, 5) is 14.7. The van der Waals surface area contributed by atoms with E-state index in [2.05, 4.69) is 13.8 Å². The van der Waals surface area contributed by atoms with Gasteiger partial charge in [-0.2, -0.15) is 4.31 Å². The van der Waals surface area contributed by atoms with E-state index in [0.717, 1.165) is 0 Å². The molecule has 1 aliphatic heterocycles. The largest absolute Gasteiger partial charge is 0.336 e. The van der Waals surface area contributed by atoms with Crippen LogP contribution in [0.2, 0.25) is 0 Å². The second-order valence-electron chi connectivity index (χ2n) is 6.79. The zero-order valence-electron chi connectivity index (χ0n) is 15.1. The molecule has 1 aliphatic rings. The molecule has 0 N–H and O–H groups in total. The van der Waals surface area contributed by atoms with Crippen molar-refractivity contribution in [3.05, 3.63) is 65.7 Å². The zero-order valence-corrected chi connectivity index (χ0v) is 15.9. The first kappa shape index (κ1) is 18.6. The number of rotatable bonds is 4. The molecule has 0 radical (unpaired) electrons. The molecule has 6 heteroatoms. The summed E-state index contributed by atoms with van der Waals surface area (Å²) >= 11 is 0. The van der Waals surface area contributed by atoms with Crippen molar-refractivity contribution < 1.29 is 13.2 Å². The van der Waals surface area contributed by atoms with Crippen molar-refractivity contribution in [3.8, 4) is 0 Å². The summed E-state index contributed by atoms with van der Waals surface area (Å²) in [6, 6.07) is 16.1. The average Bonchev–Trinajstić information content (AvgIpc) is 2.68. The number of amides is 1. The molecular weight excluding hydrogens is 348 g/mol. The standard InChI is InChI=1S/C20H24N2O3S/c1-16(2)17-8-10-18(11-9-17)20(23)21-12-14-22(15-13-21)26(24,25)19-6-4-3-5-7-19/h3-11,16H,12-15H2,1-2H3. The molecule has 0 aromatic heterocycles. The van der Waals surface area contributed by atoms with Gasteiger partial charge >= 0.3 is 0 Å². The number of carbonyl (C=O) groups excluding carboxylic acids is 1. The second-order valence-corrected chi connectivity index (χ2v) is 8.72. The lowest BCUT2D eigenvalue weighted by molar-refractivity contribution is 0.0698. The fraction of sp³-hybridized carbons (Fsp3) is 0.350. The third kappa shape index (κ3) is 3.81. The minimum Gasteiger partial charge on any atom is -0.336 e. The van der Waals surface area contributed by atoms with Gasteiger partial charge in [0.15, 0.2) is 0 Å². The molecule has 26 heavy (non-hydrogen) atoms. The highest BCUT2D eigenvalue weighted by atomic mass is 32.2. The summed E-state index contributed by atoms with van der Waals surface area (Å²) in [5.41, 5.74) is 1.84. The van der Waals surface area contributed by atoms with E-state index in [-0.39, 0.29) is 5.91 Å². The molecule has 0 bridgehead atoms. The van der Waals surface area contributed by atoms with Crippen LogP contribution < -0.4 is 0 Å². The highest BCUT2D eigenvalue weighted by Gasteiger charge is 2.30. The van der Waals surface area contributed by atoms with Crippen LogP contribution in [0, 0.1) is 0 Å². The summed E-state index contributed by atoms with van der Waals surface area (Å²) in [6.45, 7) is 5.65. The molecular formula is C20H24N2O3S. The van der Waals surface area contributed by atoms with Gasteiger partial charge in [0.25, 0.3) is 5.91 Å². The van der Waals surface area contributed by atoms with E-state index in [1.807, 2.05) is 24.3 Å². The van der Waals surface area contributed by atoms with Crippen LogP contribution in [0.3, 0.4) is 0 Å². The first-order valence-electron chi connectivity index (χ1n) is 8.84. The van der Waals surface area contributed by atoms with Gasteiger partial charge < -0.3 is 4.90 Å². The van der Waals surface area contributed by atoms with Crippen LogP contribution in [-0.2, 0) is 10.0 Å². The lowest BCUT2D eigenvalue weighted by Crippen LogP contribution is -2.50. The summed E-state index contributed by atoms with van der Waals surface area (Å²) in [7, 11) is -3.50. The molecule has 0 atom stereocenters. The van der Waals surface area contributed by atoms with Crippen molar-refractivity contribution in [3.63, 3.8) is 0 Å². The van der Waals surface area contributed by atoms with Gasteiger partial charge in [0.2, 0.25) is 10.0 Å². The topological polar surface area (TPSA) is 57.7 Å². The Balaban J connectivity index is 1.65. The molecule has 2 aromatic rings. The quantitative estimate of drug-likeness (QED) is 0.829. The fourth-order valence-electron chi connectivity index (χ4n) is 3.07. The maximum atomic E-state index is 12.7. The molecule has 1 fully saturated rings. The van der Waals surface area contributed by atoms with Gasteiger partial charge in [-0.25, -0.2) is 8.42 Å². The number of piperazine rings is 1. The van der Waals surface area contributed by atoms with E-state index in [1.165, 1.54) is 9.87 Å². The molecule has 1 heterocycles. The van der Waals surface area contributed by atoms with Gasteiger partial charge in [0, 0.05) is 31.7 Å². The maximum Gasteiger partial charge on any atom is 0.253 e. The predicted octanol–water partition coefficient (Wildman–Crippen LogP) is 2.96. The number of carbonyl (C=O) groups is 1. The van der Waals surface area contributed by atoms with Gasteiger partial charge in [-0.3, -0.25) is 4.79 Å². The van der Waals surface area contributed by atoms with Gasteiger partial charge in [0.1, 0.15) is 0 Å². The van der Waals surface area contributed by atoms with E-state index in [9.17, 15) is 13.2 Å². The lowest BCUT2D eigenvalue weighted by Gasteiger charge is -2.34. The Hall–Kier alpha value is -2.18. The first-order chi connectivity index (χ1) is 12.4. The number of hydrogen-bond donors (Lipinski definition) is 0. The number of benzene rings is 2. The fourth-order valence-corrected chi connectivity index (χ4v) is 4.51. The Labute approximate surface area is 155 Å². The molecule has 0 saturated carbocycles. The molecule has 0 aliphatic carbocycles. The van der Waals surface area contributed by atoms with Gasteiger partial charge in [-0.05, 0) is 35.7 Å². The Morgan fingerprint density at radius 2 is 1.46 bits per heavy atom. The number of sulfonamides is 1. The molecule has 5 nitrogen and oxygen atoms in total. The first-order valence-corrected chi connectivity index (χ1v) is 10.3. The highest BCUT2D eigenvalue weighted by Crippen LogP contribution is 2.19. The Morgan fingerprint density at radius 1 is 0.885 bits per heavy atom. The van der Waals surface area contributed by atoms with Crippen molar-refractivity contribution in [2.24, 2.45) is 0 Å². The van der Waals surface area contributed by atoms with E-state index < -0.39 is 10.0 Å². The zero-order chi connectivity index (χ0) is 18.7. The molecule has 3 rings (SSSR count). The minimum absolute atomic E-state index is 0.0444. The Morgan fingerprint density at radius 3 is 2.00 bits per heavy atom. The van der Waals surface area contributed by atoms with Gasteiger partial charge in [0.05, 0.1) is 4.90 Å². The van der Waals surface area contributed by atoms with Crippen molar-refractivity contribution in [2.45, 2.75) is 24.7 Å².